The van der Waals surface area contributed by atoms with Gasteiger partial charge in [-0.05, 0) is 6.42 Å². The third kappa shape index (κ3) is 2.21. The summed E-state index contributed by atoms with van der Waals surface area (Å²) in [5, 5.41) is 18.2. The number of allylic oxidation sites excluding steroid dienone is 1. The molecule has 0 saturated carbocycles. The maximum atomic E-state index is 11.1. The molecule has 0 aromatic heterocycles. The normalized spacial score (nSPS) is 23.2. The number of Topliss-reactive ketones (excluding diaryl/α,β-unsaturated/α-hetero) is 1. The minimum absolute atomic E-state index is 0.0461. The summed E-state index contributed by atoms with van der Waals surface area (Å²) in [6.07, 6.45) is 2.56. The molecule has 1 heterocycles. The van der Waals surface area contributed by atoms with Gasteiger partial charge in [0.15, 0.2) is 5.76 Å². The van der Waals surface area contributed by atoms with E-state index in [2.05, 4.69) is 0 Å². The third-order valence-electron chi connectivity index (χ3n) is 2.16. The van der Waals surface area contributed by atoms with E-state index < -0.39 is 0 Å². The van der Waals surface area contributed by atoms with Gasteiger partial charge in [-0.2, -0.15) is 0 Å². The summed E-state index contributed by atoms with van der Waals surface area (Å²) in [7, 11) is 0. The number of carbonyl (C=O) groups excluding carboxylic acids is 1. The van der Waals surface area contributed by atoms with Gasteiger partial charge in [-0.1, -0.05) is 6.92 Å². The Morgan fingerprint density at radius 3 is 2.92 bits per heavy atom. The van der Waals surface area contributed by atoms with Gasteiger partial charge in [-0.25, -0.2) is 0 Å². The van der Waals surface area contributed by atoms with Gasteiger partial charge >= 0.3 is 0 Å². The highest BCUT2D eigenvalue weighted by molar-refractivity contribution is 5.94. The van der Waals surface area contributed by atoms with Crippen molar-refractivity contribution < 1.29 is 15.0 Å². The van der Waals surface area contributed by atoms with Gasteiger partial charge in [0.2, 0.25) is 5.78 Å². The van der Waals surface area contributed by atoms with E-state index >= 15 is 0 Å². The Morgan fingerprint density at radius 1 is 1.69 bits per heavy atom. The van der Waals surface area contributed by atoms with E-state index in [4.69, 9.17) is 5.11 Å². The predicted octanol–water partition coefficient (Wildman–Crippen LogP) is 0.432. The Hall–Kier alpha value is -1.03. The highest BCUT2D eigenvalue weighted by atomic mass is 16.3. The second-order valence-corrected chi connectivity index (χ2v) is 3.22. The number of aliphatic hydroxyl groups excluding tert-OH is 2. The Kier molecular flexibility index (Phi) is 3.31. The van der Waals surface area contributed by atoms with Crippen LogP contribution in [0, 0.1) is 0 Å². The van der Waals surface area contributed by atoms with E-state index in [1.54, 1.807) is 0 Å². The standard InChI is InChI=1S/C9H15NO3/c1-2-3-10-5-9(13)8(12)4-7(10)6-11/h5,7,11,13H,2-4,6H2,1H3. The van der Waals surface area contributed by atoms with Crippen LogP contribution >= 0.6 is 0 Å². The van der Waals surface area contributed by atoms with Gasteiger partial charge in [0.25, 0.3) is 0 Å². The lowest BCUT2D eigenvalue weighted by Gasteiger charge is -2.31. The molecule has 0 amide bonds. The van der Waals surface area contributed by atoms with Crippen LogP contribution in [0.15, 0.2) is 12.0 Å². The largest absolute Gasteiger partial charge is 0.503 e. The molecule has 1 unspecified atom stereocenters. The second-order valence-electron chi connectivity index (χ2n) is 3.22. The Morgan fingerprint density at radius 2 is 2.38 bits per heavy atom. The first-order valence-electron chi connectivity index (χ1n) is 4.49. The molecule has 0 bridgehead atoms. The summed E-state index contributed by atoms with van der Waals surface area (Å²) in [6.45, 7) is 2.72. The molecule has 4 heteroatoms. The topological polar surface area (TPSA) is 60.8 Å². The molecule has 0 aromatic carbocycles. The monoisotopic (exact) mass is 185 g/mol. The maximum Gasteiger partial charge on any atom is 0.200 e. The number of carbonyl (C=O) groups is 1. The fourth-order valence-electron chi connectivity index (χ4n) is 1.45. The summed E-state index contributed by atoms with van der Waals surface area (Å²) >= 11 is 0. The maximum absolute atomic E-state index is 11.1. The average molecular weight is 185 g/mol. The molecule has 2 N–H and O–H groups in total. The zero-order chi connectivity index (χ0) is 9.84. The van der Waals surface area contributed by atoms with E-state index in [1.165, 1.54) is 6.20 Å². The van der Waals surface area contributed by atoms with E-state index in [0.717, 1.165) is 13.0 Å². The van der Waals surface area contributed by atoms with Crippen molar-refractivity contribution in [1.29, 1.82) is 0 Å². The van der Waals surface area contributed by atoms with Crippen LogP contribution in [0.3, 0.4) is 0 Å². The van der Waals surface area contributed by atoms with Crippen molar-refractivity contribution in [3.05, 3.63) is 12.0 Å². The molecule has 0 radical (unpaired) electrons. The van der Waals surface area contributed by atoms with Crippen LogP contribution in [-0.2, 0) is 4.79 Å². The van der Waals surface area contributed by atoms with Crippen molar-refractivity contribution in [3.63, 3.8) is 0 Å². The number of hydrogen-bond donors (Lipinski definition) is 2. The first-order chi connectivity index (χ1) is 6.19. The summed E-state index contributed by atoms with van der Waals surface area (Å²) in [4.78, 5) is 12.9. The second kappa shape index (κ2) is 4.28. The highest BCUT2D eigenvalue weighted by Gasteiger charge is 2.25. The Labute approximate surface area is 77.5 Å². The lowest BCUT2D eigenvalue weighted by molar-refractivity contribution is -0.120. The molecule has 1 rings (SSSR count). The molecule has 0 fully saturated rings. The molecule has 0 saturated heterocycles. The molecule has 13 heavy (non-hydrogen) atoms. The van der Waals surface area contributed by atoms with Crippen molar-refractivity contribution in [2.75, 3.05) is 13.2 Å². The van der Waals surface area contributed by atoms with Crippen LogP contribution in [0.25, 0.3) is 0 Å². The van der Waals surface area contributed by atoms with Crippen LogP contribution in [-0.4, -0.2) is 40.1 Å². The average Bonchev–Trinajstić information content (AvgIpc) is 2.11. The SMILES string of the molecule is CCCN1C=C(O)C(=O)CC1CO. The fraction of sp³-hybridized carbons (Fsp3) is 0.667. The van der Waals surface area contributed by atoms with Gasteiger partial charge in [-0.3, -0.25) is 4.79 Å². The number of hydrogen-bond acceptors (Lipinski definition) is 4. The molecule has 1 aliphatic rings. The molecule has 1 atom stereocenters. The molecule has 0 aromatic rings. The van der Waals surface area contributed by atoms with Gasteiger partial charge in [0.1, 0.15) is 0 Å². The number of nitrogens with zero attached hydrogens (tertiary/aromatic N) is 1. The number of aliphatic hydroxyl groups is 2. The number of rotatable bonds is 3. The van der Waals surface area contributed by atoms with Gasteiger partial charge in [0.05, 0.1) is 12.6 Å². The van der Waals surface area contributed by atoms with Crippen molar-refractivity contribution in [1.82, 2.24) is 4.90 Å². The molecular formula is C9H15NO3. The third-order valence-corrected chi connectivity index (χ3v) is 2.16. The van der Waals surface area contributed by atoms with Gasteiger partial charge in [-0.15, -0.1) is 0 Å². The van der Waals surface area contributed by atoms with Crippen LogP contribution in [0.1, 0.15) is 19.8 Å². The van der Waals surface area contributed by atoms with E-state index in [0.29, 0.717) is 0 Å². The van der Waals surface area contributed by atoms with Crippen LogP contribution in [0.5, 0.6) is 0 Å². The van der Waals surface area contributed by atoms with Gasteiger partial charge in [0, 0.05) is 19.2 Å². The first kappa shape index (κ1) is 10.1. The fourth-order valence-corrected chi connectivity index (χ4v) is 1.45. The lowest BCUT2D eigenvalue weighted by atomic mass is 10.0. The van der Waals surface area contributed by atoms with Crippen LogP contribution in [0.2, 0.25) is 0 Å². The molecule has 0 aliphatic carbocycles. The first-order valence-corrected chi connectivity index (χ1v) is 4.49. The zero-order valence-corrected chi connectivity index (χ0v) is 7.73. The van der Waals surface area contributed by atoms with Crippen molar-refractivity contribution in [2.45, 2.75) is 25.8 Å². The van der Waals surface area contributed by atoms with E-state index in [1.807, 2.05) is 11.8 Å². The highest BCUT2D eigenvalue weighted by Crippen LogP contribution is 2.15. The molecule has 0 spiro atoms. The van der Waals surface area contributed by atoms with Crippen LogP contribution in [0.4, 0.5) is 0 Å². The minimum Gasteiger partial charge on any atom is -0.503 e. The smallest absolute Gasteiger partial charge is 0.200 e. The number of ketones is 1. The molecule has 1 aliphatic heterocycles. The summed E-state index contributed by atoms with van der Waals surface area (Å²) < 4.78 is 0. The summed E-state index contributed by atoms with van der Waals surface area (Å²) in [5.41, 5.74) is 0. The quantitative estimate of drug-likeness (QED) is 0.669. The van der Waals surface area contributed by atoms with Crippen molar-refractivity contribution in [3.8, 4) is 0 Å². The Balaban J connectivity index is 2.72. The molecular weight excluding hydrogens is 170 g/mol. The van der Waals surface area contributed by atoms with E-state index in [-0.39, 0.29) is 30.6 Å². The van der Waals surface area contributed by atoms with Crippen LogP contribution < -0.4 is 0 Å². The Bertz CT molecular complexity index is 225. The zero-order valence-electron chi connectivity index (χ0n) is 7.73. The van der Waals surface area contributed by atoms with Crippen molar-refractivity contribution >= 4 is 5.78 Å². The van der Waals surface area contributed by atoms with Gasteiger partial charge < -0.3 is 15.1 Å². The van der Waals surface area contributed by atoms with E-state index in [9.17, 15) is 9.90 Å². The molecule has 74 valence electrons. The lowest BCUT2D eigenvalue weighted by Crippen LogP contribution is -2.40. The minimum atomic E-state index is -0.286. The van der Waals surface area contributed by atoms with Crippen molar-refractivity contribution in [2.24, 2.45) is 0 Å². The summed E-state index contributed by atoms with van der Waals surface area (Å²) in [6, 6.07) is -0.164. The molecule has 4 nitrogen and oxygen atoms in total. The predicted molar refractivity (Wildman–Crippen MR) is 48.2 cm³/mol. The summed E-state index contributed by atoms with van der Waals surface area (Å²) in [5.74, 6) is -0.482.